The van der Waals surface area contributed by atoms with Crippen LogP contribution in [0.5, 0.6) is 0 Å². The van der Waals surface area contributed by atoms with Crippen molar-refractivity contribution in [2.45, 2.75) is 44.6 Å². The normalized spacial score (nSPS) is 27.0. The van der Waals surface area contributed by atoms with E-state index in [1.54, 1.807) is 12.2 Å². The van der Waals surface area contributed by atoms with E-state index in [-0.39, 0.29) is 12.8 Å². The molecule has 1 fully saturated rings. The molecule has 2 rings (SSSR count). The van der Waals surface area contributed by atoms with Crippen LogP contribution in [0.3, 0.4) is 0 Å². The van der Waals surface area contributed by atoms with Crippen molar-refractivity contribution in [3.63, 3.8) is 0 Å². The van der Waals surface area contributed by atoms with E-state index in [2.05, 4.69) is 0 Å². The largest absolute Gasteiger partial charge is 0.467 e. The summed E-state index contributed by atoms with van der Waals surface area (Å²) in [6, 6.07) is 0. The molecule has 2 aliphatic rings. The predicted molar refractivity (Wildman–Crippen MR) is 74.3 cm³/mol. The van der Waals surface area contributed by atoms with Crippen LogP contribution in [0.4, 0.5) is 4.79 Å². The van der Waals surface area contributed by atoms with E-state index < -0.39 is 35.7 Å². The Bertz CT molecular complexity index is 501. The second kappa shape index (κ2) is 7.24. The minimum atomic E-state index is -0.873. The quantitative estimate of drug-likeness (QED) is 0.439. The summed E-state index contributed by atoms with van der Waals surface area (Å²) < 4.78 is 4.90. The SMILES string of the molecule is [B]C(=O)OC1/C=C/CCC(C(=O)ON2C(=O)CCC2=O)CC1. The highest BCUT2D eigenvalue weighted by molar-refractivity contribution is 6.55. The highest BCUT2D eigenvalue weighted by Crippen LogP contribution is 2.23. The monoisotopic (exact) mass is 305 g/mol. The van der Waals surface area contributed by atoms with Gasteiger partial charge < -0.3 is 9.57 Å². The molecule has 7 nitrogen and oxygen atoms in total. The third-order valence-electron chi connectivity index (χ3n) is 3.62. The molecule has 2 radical (unpaired) electrons. The van der Waals surface area contributed by atoms with Gasteiger partial charge in [-0.05, 0) is 31.8 Å². The smallest absolute Gasteiger partial charge is 0.336 e. The van der Waals surface area contributed by atoms with Gasteiger partial charge >= 0.3 is 5.97 Å². The van der Waals surface area contributed by atoms with Crippen molar-refractivity contribution in [3.05, 3.63) is 12.2 Å². The number of carbonyl (C=O) groups is 4. The van der Waals surface area contributed by atoms with Crippen LogP contribution >= 0.6 is 0 Å². The lowest BCUT2D eigenvalue weighted by atomic mass is 9.93. The van der Waals surface area contributed by atoms with Crippen molar-refractivity contribution in [2.75, 3.05) is 0 Å². The molecule has 0 saturated carbocycles. The van der Waals surface area contributed by atoms with Gasteiger partial charge in [0.25, 0.3) is 11.8 Å². The predicted octanol–water partition coefficient (Wildman–Crippen LogP) is 1.01. The summed E-state index contributed by atoms with van der Waals surface area (Å²) in [6.45, 7) is 0. The number of imide groups is 1. The Labute approximate surface area is 129 Å². The molecule has 0 bridgehead atoms. The molecule has 116 valence electrons. The fourth-order valence-corrected chi connectivity index (χ4v) is 2.46. The third-order valence-corrected chi connectivity index (χ3v) is 3.62. The minimum Gasteiger partial charge on any atom is -0.467 e. The molecule has 1 heterocycles. The summed E-state index contributed by atoms with van der Waals surface area (Å²) in [5, 5.41) is 0.550. The summed E-state index contributed by atoms with van der Waals surface area (Å²) in [4.78, 5) is 50.7. The number of allylic oxidation sites excluding steroid dienone is 1. The molecule has 1 aliphatic heterocycles. The average Bonchev–Trinajstić information content (AvgIpc) is 2.73. The number of hydroxylamine groups is 2. The molecule has 22 heavy (non-hydrogen) atoms. The van der Waals surface area contributed by atoms with E-state index >= 15 is 0 Å². The van der Waals surface area contributed by atoms with Gasteiger partial charge in [0.1, 0.15) is 6.10 Å². The van der Waals surface area contributed by atoms with E-state index in [4.69, 9.17) is 17.4 Å². The molecule has 1 saturated heterocycles. The fourth-order valence-electron chi connectivity index (χ4n) is 2.46. The maximum Gasteiger partial charge on any atom is 0.336 e. The van der Waals surface area contributed by atoms with E-state index in [1.165, 1.54) is 0 Å². The lowest BCUT2D eigenvalue weighted by molar-refractivity contribution is -0.201. The molecular formula is C14H16BNO6. The Morgan fingerprint density at radius 2 is 1.82 bits per heavy atom. The van der Waals surface area contributed by atoms with E-state index in [1.807, 2.05) is 0 Å². The molecular weight excluding hydrogens is 289 g/mol. The average molecular weight is 305 g/mol. The topological polar surface area (TPSA) is 90.0 Å². The van der Waals surface area contributed by atoms with Gasteiger partial charge in [-0.15, -0.1) is 5.06 Å². The Kier molecular flexibility index (Phi) is 5.35. The van der Waals surface area contributed by atoms with Crippen LogP contribution in [-0.2, 0) is 24.0 Å². The first kappa shape index (κ1) is 16.3. The summed E-state index contributed by atoms with van der Waals surface area (Å²) >= 11 is 0. The Morgan fingerprint density at radius 3 is 2.45 bits per heavy atom. The zero-order valence-corrected chi connectivity index (χ0v) is 12.0. The van der Waals surface area contributed by atoms with Crippen LogP contribution in [0.1, 0.15) is 38.5 Å². The molecule has 2 atom stereocenters. The molecule has 0 aromatic carbocycles. The van der Waals surface area contributed by atoms with Crippen molar-refractivity contribution in [2.24, 2.45) is 5.92 Å². The van der Waals surface area contributed by atoms with E-state index in [0.717, 1.165) is 0 Å². The highest BCUT2D eigenvalue weighted by Gasteiger charge is 2.35. The van der Waals surface area contributed by atoms with Crippen LogP contribution in [0.15, 0.2) is 12.2 Å². The molecule has 8 heteroatoms. The maximum atomic E-state index is 12.1. The van der Waals surface area contributed by atoms with Gasteiger partial charge in [0, 0.05) is 12.8 Å². The number of carbonyl (C=O) groups excluding carboxylic acids is 4. The first-order valence-electron chi connectivity index (χ1n) is 7.17. The number of hydrogen-bond acceptors (Lipinski definition) is 6. The van der Waals surface area contributed by atoms with Crippen molar-refractivity contribution in [3.8, 4) is 0 Å². The maximum absolute atomic E-state index is 12.1. The lowest BCUT2D eigenvalue weighted by Crippen LogP contribution is -2.35. The van der Waals surface area contributed by atoms with Crippen molar-refractivity contribution in [1.82, 2.24) is 5.06 Å². The van der Waals surface area contributed by atoms with Crippen molar-refractivity contribution >= 4 is 31.5 Å². The van der Waals surface area contributed by atoms with Crippen molar-refractivity contribution in [1.29, 1.82) is 0 Å². The molecule has 1 aliphatic carbocycles. The second-order valence-electron chi connectivity index (χ2n) is 5.25. The first-order chi connectivity index (χ1) is 10.5. The Balaban J connectivity index is 1.92. The van der Waals surface area contributed by atoms with Gasteiger partial charge in [-0.2, -0.15) is 0 Å². The molecule has 2 amide bonds. The number of amides is 2. The van der Waals surface area contributed by atoms with Crippen LogP contribution in [0, 0.1) is 5.92 Å². The summed E-state index contributed by atoms with van der Waals surface area (Å²) in [5.74, 6) is -2.96. The third kappa shape index (κ3) is 4.19. The summed E-state index contributed by atoms with van der Waals surface area (Å²) in [7, 11) is 4.98. The summed E-state index contributed by atoms with van der Waals surface area (Å²) in [5.41, 5.74) is 0. The number of hydrogen-bond donors (Lipinski definition) is 0. The van der Waals surface area contributed by atoms with Gasteiger partial charge in [-0.3, -0.25) is 14.4 Å². The lowest BCUT2D eigenvalue weighted by Gasteiger charge is -2.22. The van der Waals surface area contributed by atoms with Gasteiger partial charge in [0.15, 0.2) is 0 Å². The van der Waals surface area contributed by atoms with Crippen molar-refractivity contribution < 1.29 is 28.8 Å². The van der Waals surface area contributed by atoms with Gasteiger partial charge in [0.05, 0.1) is 5.92 Å². The van der Waals surface area contributed by atoms with Crippen LogP contribution in [-0.4, -0.2) is 42.7 Å². The zero-order valence-electron chi connectivity index (χ0n) is 12.0. The van der Waals surface area contributed by atoms with Gasteiger partial charge in [-0.25, -0.2) is 4.79 Å². The van der Waals surface area contributed by atoms with Crippen LogP contribution in [0.2, 0.25) is 0 Å². The van der Waals surface area contributed by atoms with Gasteiger partial charge in [-0.1, -0.05) is 6.08 Å². The number of ether oxygens (including phenoxy) is 1. The van der Waals surface area contributed by atoms with Crippen LogP contribution in [0.25, 0.3) is 0 Å². The number of rotatable bonds is 3. The molecule has 2 unspecified atom stereocenters. The Hall–Kier alpha value is -2.12. The second-order valence-corrected chi connectivity index (χ2v) is 5.25. The molecule has 0 spiro atoms. The summed E-state index contributed by atoms with van der Waals surface area (Å²) in [6.07, 6.45) is 5.15. The molecule has 0 aromatic heterocycles. The minimum absolute atomic E-state index is 0.0635. The van der Waals surface area contributed by atoms with E-state index in [9.17, 15) is 19.2 Å². The Morgan fingerprint density at radius 1 is 1.14 bits per heavy atom. The van der Waals surface area contributed by atoms with Gasteiger partial charge in [0.2, 0.25) is 13.7 Å². The standard InChI is InChI=1S/C14H16BNO6/c15-14(20)21-10-4-2-1-3-9(5-6-10)13(19)22-16-11(17)7-8-12(16)18/h2,4,9-10H,1,3,5-8H2/b4-2+. The molecule has 0 aromatic rings. The zero-order chi connectivity index (χ0) is 16.1. The first-order valence-corrected chi connectivity index (χ1v) is 7.17. The highest BCUT2D eigenvalue weighted by atomic mass is 16.7. The fraction of sp³-hybridized carbons (Fsp3) is 0.571. The van der Waals surface area contributed by atoms with Crippen LogP contribution < -0.4 is 0 Å². The number of nitrogens with zero attached hydrogens (tertiary/aromatic N) is 1. The van der Waals surface area contributed by atoms with E-state index in [0.29, 0.717) is 30.7 Å². The molecule has 0 N–H and O–H groups in total.